The van der Waals surface area contributed by atoms with Gasteiger partial charge in [0.25, 0.3) is 0 Å². The number of carbonyl (C=O) groups is 1. The Labute approximate surface area is 141 Å². The fourth-order valence-electron chi connectivity index (χ4n) is 2.18. The summed E-state index contributed by atoms with van der Waals surface area (Å²) in [5.74, 6) is 0. The number of aromatic nitrogens is 1. The number of benzene rings is 1. The zero-order chi connectivity index (χ0) is 17.0. The number of aryl methyl sites for hydroxylation is 1. The largest absolute Gasteiger partial charge is 0.389 e. The number of thiazole rings is 1. The number of hydrogen-bond donors (Lipinski definition) is 2. The monoisotopic (exact) mass is 333 g/mol. The van der Waals surface area contributed by atoms with Crippen molar-refractivity contribution < 1.29 is 9.90 Å². The number of urea groups is 1. The molecule has 23 heavy (non-hydrogen) atoms. The molecule has 0 aliphatic heterocycles. The number of likely N-dealkylation sites (N-methyl/N-ethyl adjacent to an activating group) is 1. The van der Waals surface area contributed by atoms with Crippen LogP contribution in [0.2, 0.25) is 0 Å². The summed E-state index contributed by atoms with van der Waals surface area (Å²) >= 11 is 1.60. The number of anilines is 1. The summed E-state index contributed by atoms with van der Waals surface area (Å²) in [6.45, 7) is 8.05. The number of rotatable bonds is 5. The van der Waals surface area contributed by atoms with Crippen LogP contribution in [0.5, 0.6) is 0 Å². The SMILES string of the molecule is CCN(CC(C)(C)O)C(=O)Nc1ccc(-c2nc(C)cs2)cc1. The maximum atomic E-state index is 12.3. The van der Waals surface area contributed by atoms with Crippen molar-refractivity contribution in [2.24, 2.45) is 0 Å². The standard InChI is InChI=1S/C17H23N3O2S/c1-5-20(11-17(3,4)22)16(21)19-14-8-6-13(7-9-14)15-18-12(2)10-23-15/h6-10,22H,5,11H2,1-4H3,(H,19,21). The van der Waals surface area contributed by atoms with Gasteiger partial charge in [0.05, 0.1) is 12.1 Å². The molecule has 0 fully saturated rings. The Morgan fingerprint density at radius 3 is 2.48 bits per heavy atom. The van der Waals surface area contributed by atoms with Crippen molar-refractivity contribution in [3.8, 4) is 10.6 Å². The molecule has 124 valence electrons. The van der Waals surface area contributed by atoms with Crippen LogP contribution >= 0.6 is 11.3 Å². The lowest BCUT2D eigenvalue weighted by molar-refractivity contribution is 0.0501. The van der Waals surface area contributed by atoms with Gasteiger partial charge in [0.1, 0.15) is 5.01 Å². The lowest BCUT2D eigenvalue weighted by Gasteiger charge is -2.28. The average Bonchev–Trinajstić information content (AvgIpc) is 2.91. The van der Waals surface area contributed by atoms with E-state index in [-0.39, 0.29) is 12.6 Å². The van der Waals surface area contributed by atoms with Crippen molar-refractivity contribution in [2.75, 3.05) is 18.4 Å². The van der Waals surface area contributed by atoms with E-state index in [4.69, 9.17) is 0 Å². The summed E-state index contributed by atoms with van der Waals surface area (Å²) < 4.78 is 0. The highest BCUT2D eigenvalue weighted by Crippen LogP contribution is 2.25. The molecule has 2 rings (SSSR count). The Morgan fingerprint density at radius 2 is 2.00 bits per heavy atom. The van der Waals surface area contributed by atoms with Gasteiger partial charge in [-0.25, -0.2) is 9.78 Å². The number of nitrogens with one attached hydrogen (secondary N) is 1. The Hall–Kier alpha value is -1.92. The van der Waals surface area contributed by atoms with Crippen LogP contribution in [0.15, 0.2) is 29.6 Å². The summed E-state index contributed by atoms with van der Waals surface area (Å²) in [4.78, 5) is 18.3. The van der Waals surface area contributed by atoms with Gasteiger partial charge in [-0.2, -0.15) is 0 Å². The molecule has 0 saturated carbocycles. The molecule has 5 nitrogen and oxygen atoms in total. The summed E-state index contributed by atoms with van der Waals surface area (Å²) in [5, 5.41) is 15.7. The van der Waals surface area contributed by atoms with Crippen LogP contribution in [-0.4, -0.2) is 39.7 Å². The zero-order valence-electron chi connectivity index (χ0n) is 14.0. The van der Waals surface area contributed by atoms with E-state index in [0.29, 0.717) is 6.54 Å². The van der Waals surface area contributed by atoms with Gasteiger partial charge in [0, 0.05) is 28.9 Å². The molecule has 1 aromatic heterocycles. The van der Waals surface area contributed by atoms with Crippen LogP contribution in [0.4, 0.5) is 10.5 Å². The van der Waals surface area contributed by atoms with Crippen LogP contribution < -0.4 is 5.32 Å². The molecular weight excluding hydrogens is 310 g/mol. The topological polar surface area (TPSA) is 65.5 Å². The smallest absolute Gasteiger partial charge is 0.321 e. The van der Waals surface area contributed by atoms with Crippen LogP contribution in [0, 0.1) is 6.92 Å². The van der Waals surface area contributed by atoms with E-state index in [2.05, 4.69) is 10.3 Å². The second-order valence-corrected chi connectivity index (χ2v) is 6.99. The van der Waals surface area contributed by atoms with Gasteiger partial charge in [-0.15, -0.1) is 11.3 Å². The van der Waals surface area contributed by atoms with Crippen LogP contribution in [-0.2, 0) is 0 Å². The highest BCUT2D eigenvalue weighted by atomic mass is 32.1. The summed E-state index contributed by atoms with van der Waals surface area (Å²) in [7, 11) is 0. The maximum absolute atomic E-state index is 12.3. The lowest BCUT2D eigenvalue weighted by atomic mass is 10.1. The first-order valence-corrected chi connectivity index (χ1v) is 8.47. The van der Waals surface area contributed by atoms with E-state index in [0.717, 1.165) is 22.0 Å². The predicted molar refractivity (Wildman–Crippen MR) is 94.9 cm³/mol. The molecule has 0 atom stereocenters. The summed E-state index contributed by atoms with van der Waals surface area (Å²) in [6.07, 6.45) is 0. The molecule has 0 unspecified atom stereocenters. The van der Waals surface area contributed by atoms with Gasteiger partial charge in [-0.3, -0.25) is 0 Å². The van der Waals surface area contributed by atoms with Crippen molar-refractivity contribution >= 4 is 23.1 Å². The number of hydrogen-bond acceptors (Lipinski definition) is 4. The average molecular weight is 333 g/mol. The minimum atomic E-state index is -0.917. The summed E-state index contributed by atoms with van der Waals surface area (Å²) in [5.41, 5.74) is 1.85. The van der Waals surface area contributed by atoms with Crippen molar-refractivity contribution in [3.63, 3.8) is 0 Å². The van der Waals surface area contributed by atoms with Crippen molar-refractivity contribution in [1.82, 2.24) is 9.88 Å². The molecule has 6 heteroatoms. The highest BCUT2D eigenvalue weighted by Gasteiger charge is 2.21. The molecule has 0 bridgehead atoms. The number of amides is 2. The van der Waals surface area contributed by atoms with E-state index in [1.165, 1.54) is 0 Å². The minimum absolute atomic E-state index is 0.215. The molecule has 2 amide bonds. The number of aliphatic hydroxyl groups is 1. The van der Waals surface area contributed by atoms with Gasteiger partial charge >= 0.3 is 6.03 Å². The van der Waals surface area contributed by atoms with Crippen molar-refractivity contribution in [3.05, 3.63) is 35.3 Å². The zero-order valence-corrected chi connectivity index (χ0v) is 14.8. The van der Waals surface area contributed by atoms with Gasteiger partial charge in [-0.1, -0.05) is 0 Å². The molecule has 0 spiro atoms. The Kier molecular flexibility index (Phi) is 5.38. The third-order valence-electron chi connectivity index (χ3n) is 3.25. The quantitative estimate of drug-likeness (QED) is 0.876. The normalized spacial score (nSPS) is 11.3. The summed E-state index contributed by atoms with van der Waals surface area (Å²) in [6, 6.07) is 7.40. The van der Waals surface area contributed by atoms with Gasteiger partial charge in [0.2, 0.25) is 0 Å². The molecule has 0 aliphatic rings. The second-order valence-electron chi connectivity index (χ2n) is 6.13. The first-order valence-electron chi connectivity index (χ1n) is 7.59. The fraction of sp³-hybridized carbons (Fsp3) is 0.412. The fourth-order valence-corrected chi connectivity index (χ4v) is 2.98. The molecule has 0 saturated heterocycles. The lowest BCUT2D eigenvalue weighted by Crippen LogP contribution is -2.44. The molecule has 0 aliphatic carbocycles. The van der Waals surface area contributed by atoms with E-state index in [9.17, 15) is 9.90 Å². The third-order valence-corrected chi connectivity index (χ3v) is 4.26. The molecule has 2 aromatic rings. The molecular formula is C17H23N3O2S. The Balaban J connectivity index is 2.03. The Morgan fingerprint density at radius 1 is 1.35 bits per heavy atom. The first-order chi connectivity index (χ1) is 10.8. The van der Waals surface area contributed by atoms with E-state index in [1.54, 1.807) is 30.1 Å². The van der Waals surface area contributed by atoms with Gasteiger partial charge in [-0.05, 0) is 52.0 Å². The van der Waals surface area contributed by atoms with E-state index in [1.807, 2.05) is 43.5 Å². The number of nitrogens with zero attached hydrogens (tertiary/aromatic N) is 2. The van der Waals surface area contributed by atoms with E-state index >= 15 is 0 Å². The Bertz CT molecular complexity index is 659. The molecule has 1 aromatic carbocycles. The van der Waals surface area contributed by atoms with Gasteiger partial charge < -0.3 is 15.3 Å². The van der Waals surface area contributed by atoms with E-state index < -0.39 is 5.60 Å². The minimum Gasteiger partial charge on any atom is -0.389 e. The van der Waals surface area contributed by atoms with Crippen LogP contribution in [0.3, 0.4) is 0 Å². The van der Waals surface area contributed by atoms with Crippen molar-refractivity contribution in [2.45, 2.75) is 33.3 Å². The maximum Gasteiger partial charge on any atom is 0.321 e. The number of carbonyl (C=O) groups excluding carboxylic acids is 1. The predicted octanol–water partition coefficient (Wildman–Crippen LogP) is 3.74. The van der Waals surface area contributed by atoms with Gasteiger partial charge in [0.15, 0.2) is 0 Å². The highest BCUT2D eigenvalue weighted by molar-refractivity contribution is 7.13. The second kappa shape index (κ2) is 7.10. The molecule has 2 N–H and O–H groups in total. The molecule has 0 radical (unpaired) electrons. The van der Waals surface area contributed by atoms with Crippen molar-refractivity contribution in [1.29, 1.82) is 0 Å². The first kappa shape index (κ1) is 17.4. The van der Waals surface area contributed by atoms with Crippen LogP contribution in [0.25, 0.3) is 10.6 Å². The molecule has 1 heterocycles. The third kappa shape index (κ3) is 5.04. The van der Waals surface area contributed by atoms with Crippen LogP contribution in [0.1, 0.15) is 26.5 Å².